The van der Waals surface area contributed by atoms with Crippen molar-refractivity contribution in [1.29, 1.82) is 0 Å². The van der Waals surface area contributed by atoms with Gasteiger partial charge in [-0.15, -0.1) is 0 Å². The van der Waals surface area contributed by atoms with E-state index in [1.807, 2.05) is 117 Å². The molecule has 0 saturated heterocycles. The lowest BCUT2D eigenvalue weighted by atomic mass is 9.88. The van der Waals surface area contributed by atoms with Gasteiger partial charge in [0.05, 0.1) is 39.2 Å². The van der Waals surface area contributed by atoms with Crippen LogP contribution >= 0.6 is 0 Å². The Morgan fingerprint density at radius 3 is 1.24 bits per heavy atom. The average Bonchev–Trinajstić information content (AvgIpc) is 3.55. The summed E-state index contributed by atoms with van der Waals surface area (Å²) >= 11 is 0. The van der Waals surface area contributed by atoms with E-state index < -0.39 is 23.5 Å². The number of hydrogen-bond acceptors (Lipinski definition) is 2. The van der Waals surface area contributed by atoms with Gasteiger partial charge in [-0.05, 0) is 79.6 Å². The fraction of sp³-hybridized carbons (Fsp3) is 0.0800. The zero-order chi connectivity index (χ0) is 41.1. The van der Waals surface area contributed by atoms with Gasteiger partial charge in [0.15, 0.2) is 5.82 Å². The number of alkyl halides is 6. The molecular weight excluding hydrogens is 757 g/mol. The van der Waals surface area contributed by atoms with Gasteiger partial charge in [0.2, 0.25) is 0 Å². The normalized spacial score (nSPS) is 12.1. The molecule has 59 heavy (non-hydrogen) atoms. The first kappa shape index (κ1) is 37.6. The van der Waals surface area contributed by atoms with Crippen LogP contribution in [0.4, 0.5) is 26.3 Å². The minimum atomic E-state index is -4.81. The third kappa shape index (κ3) is 6.92. The quantitative estimate of drug-likeness (QED) is 0.157. The second-order valence-corrected chi connectivity index (χ2v) is 14.6. The van der Waals surface area contributed by atoms with Crippen LogP contribution in [-0.2, 0) is 12.4 Å². The van der Waals surface area contributed by atoms with Crippen molar-refractivity contribution in [2.45, 2.75) is 26.2 Å². The molecule has 0 atom stereocenters. The third-order valence-electron chi connectivity index (χ3n) is 10.6. The first-order valence-electron chi connectivity index (χ1n) is 18.9. The van der Waals surface area contributed by atoms with Crippen LogP contribution in [0.15, 0.2) is 164 Å². The Morgan fingerprint density at radius 2 is 0.814 bits per heavy atom. The lowest BCUT2D eigenvalue weighted by Crippen LogP contribution is -2.11. The molecule has 0 N–H and O–H groups in total. The van der Waals surface area contributed by atoms with E-state index in [0.29, 0.717) is 22.4 Å². The zero-order valence-electron chi connectivity index (χ0n) is 31.7. The summed E-state index contributed by atoms with van der Waals surface area (Å²) in [6, 6.07) is 45.5. The molecule has 290 valence electrons. The van der Waals surface area contributed by atoms with E-state index in [1.165, 1.54) is 36.4 Å². The molecule has 0 amide bonds. The maximum Gasteiger partial charge on any atom is 0.417 e. The smallest absolute Gasteiger partial charge is 0.308 e. The number of halogens is 6. The van der Waals surface area contributed by atoms with E-state index in [0.717, 1.165) is 45.2 Å². The molecule has 0 aliphatic rings. The topological polar surface area (TPSA) is 30.7 Å². The Morgan fingerprint density at radius 1 is 0.407 bits per heavy atom. The van der Waals surface area contributed by atoms with Crippen molar-refractivity contribution in [3.8, 4) is 61.8 Å². The van der Waals surface area contributed by atoms with E-state index >= 15 is 26.3 Å². The van der Waals surface area contributed by atoms with Crippen molar-refractivity contribution in [1.82, 2.24) is 14.5 Å². The second-order valence-electron chi connectivity index (χ2n) is 14.6. The van der Waals surface area contributed by atoms with E-state index in [-0.39, 0.29) is 39.3 Å². The summed E-state index contributed by atoms with van der Waals surface area (Å²) in [6.07, 6.45) is -9.62. The van der Waals surface area contributed by atoms with E-state index in [1.54, 1.807) is 16.7 Å². The minimum absolute atomic E-state index is 0.0531. The number of rotatable bonds is 6. The van der Waals surface area contributed by atoms with Crippen LogP contribution in [0.2, 0.25) is 0 Å². The molecule has 2 heterocycles. The fourth-order valence-electron chi connectivity index (χ4n) is 7.93. The van der Waals surface area contributed by atoms with Crippen LogP contribution in [-0.4, -0.2) is 14.5 Å². The van der Waals surface area contributed by atoms with Gasteiger partial charge in [-0.2, -0.15) is 26.3 Å². The molecule has 9 rings (SSSR count). The Labute approximate surface area is 335 Å². The van der Waals surface area contributed by atoms with Gasteiger partial charge in [0.1, 0.15) is 0 Å². The molecule has 0 aliphatic heterocycles. The Bertz CT molecular complexity index is 2840. The van der Waals surface area contributed by atoms with Gasteiger partial charge >= 0.3 is 12.4 Å². The predicted molar refractivity (Wildman–Crippen MR) is 223 cm³/mol. The molecule has 0 spiro atoms. The molecule has 0 saturated carbocycles. The summed E-state index contributed by atoms with van der Waals surface area (Å²) in [5.74, 6) is 0.127. The van der Waals surface area contributed by atoms with E-state index in [4.69, 9.17) is 9.97 Å². The monoisotopic (exact) mass is 789 g/mol. The van der Waals surface area contributed by atoms with Crippen LogP contribution < -0.4 is 0 Å². The van der Waals surface area contributed by atoms with Crippen LogP contribution in [0.25, 0.3) is 83.6 Å². The molecule has 0 radical (unpaired) electrons. The molecule has 9 heteroatoms. The molecule has 0 fully saturated rings. The van der Waals surface area contributed by atoms with Crippen LogP contribution in [0, 0.1) is 13.8 Å². The number of hydrogen-bond donors (Lipinski definition) is 0. The Kier molecular flexibility index (Phi) is 9.19. The molecule has 0 aliphatic carbocycles. The second kappa shape index (κ2) is 14.4. The zero-order valence-corrected chi connectivity index (χ0v) is 31.7. The lowest BCUT2D eigenvalue weighted by molar-refractivity contribution is -0.137. The van der Waals surface area contributed by atoms with E-state index in [9.17, 15) is 0 Å². The molecular formula is C50H33F6N3. The predicted octanol–water partition coefficient (Wildman–Crippen LogP) is 14.6. The van der Waals surface area contributed by atoms with E-state index in [2.05, 4.69) is 0 Å². The lowest BCUT2D eigenvalue weighted by Gasteiger charge is -2.24. The van der Waals surface area contributed by atoms with Gasteiger partial charge < -0.3 is 4.57 Å². The first-order valence-corrected chi connectivity index (χ1v) is 18.9. The van der Waals surface area contributed by atoms with Crippen molar-refractivity contribution in [3.63, 3.8) is 0 Å². The van der Waals surface area contributed by atoms with Gasteiger partial charge in [0, 0.05) is 38.6 Å². The maximum atomic E-state index is 15.2. The van der Waals surface area contributed by atoms with Crippen LogP contribution in [0.1, 0.15) is 22.3 Å². The number of aryl methyl sites for hydroxylation is 2. The summed E-state index contributed by atoms with van der Waals surface area (Å²) in [5.41, 5.74) is 3.89. The van der Waals surface area contributed by atoms with Crippen molar-refractivity contribution in [2.75, 3.05) is 0 Å². The molecule has 2 aromatic heterocycles. The fourth-order valence-corrected chi connectivity index (χ4v) is 7.93. The average molecular weight is 790 g/mol. The van der Waals surface area contributed by atoms with Crippen LogP contribution in [0.3, 0.4) is 0 Å². The highest BCUT2D eigenvalue weighted by atomic mass is 19.4. The van der Waals surface area contributed by atoms with Gasteiger partial charge in [-0.3, -0.25) is 0 Å². The van der Waals surface area contributed by atoms with Crippen molar-refractivity contribution < 1.29 is 26.3 Å². The summed E-state index contributed by atoms with van der Waals surface area (Å²) < 4.78 is 92.8. The minimum Gasteiger partial charge on any atom is -0.308 e. The van der Waals surface area contributed by atoms with Gasteiger partial charge in [-0.25, -0.2) is 9.97 Å². The molecule has 0 unspecified atom stereocenters. The molecule has 3 nitrogen and oxygen atoms in total. The summed E-state index contributed by atoms with van der Waals surface area (Å²) in [4.78, 5) is 9.92. The molecule has 0 bridgehead atoms. The van der Waals surface area contributed by atoms with Crippen LogP contribution in [0.5, 0.6) is 0 Å². The largest absolute Gasteiger partial charge is 0.417 e. The summed E-state index contributed by atoms with van der Waals surface area (Å²) in [6.45, 7) is 3.88. The highest BCUT2D eigenvalue weighted by molar-refractivity contribution is 6.11. The molecule has 9 aromatic rings. The highest BCUT2D eigenvalue weighted by Gasteiger charge is 2.37. The van der Waals surface area contributed by atoms with Crippen molar-refractivity contribution in [2.24, 2.45) is 0 Å². The maximum absolute atomic E-state index is 15.2. The number of aromatic nitrogens is 3. The number of fused-ring (bicyclic) bond motifs is 3. The summed E-state index contributed by atoms with van der Waals surface area (Å²) in [5, 5.41) is 1.62. The Hall–Kier alpha value is -7.00. The van der Waals surface area contributed by atoms with Crippen molar-refractivity contribution in [3.05, 3.63) is 186 Å². The first-order chi connectivity index (χ1) is 28.3. The van der Waals surface area contributed by atoms with Gasteiger partial charge in [-0.1, -0.05) is 120 Å². The molecule has 7 aromatic carbocycles. The van der Waals surface area contributed by atoms with Crippen molar-refractivity contribution >= 4 is 21.8 Å². The standard InChI is InChI=1S/C50H33F6N3/c1-30-21-23-45-37(25-30)38-26-31(2)22-24-46(38)59(45)47-39(35-17-9-11-19-41(35)49(51,52)53)27-34(28-40(47)36-18-10-12-20-42(36)50(54,55)56)48-57-43(32-13-5-3-6-14-32)29-44(58-48)33-15-7-4-8-16-33/h3-29H,1-2H3. The number of benzene rings is 7. The Balaban J connectivity index is 1.49. The SMILES string of the molecule is Cc1ccc2c(c1)c1cc(C)ccc1n2-c1c(-c2ccccc2C(F)(F)F)cc(-c2nc(-c3ccccc3)cc(-c3ccccc3)n2)cc1-c1ccccc1C(F)(F)F. The number of nitrogens with zero attached hydrogens (tertiary/aromatic N) is 3. The van der Waals surface area contributed by atoms with Gasteiger partial charge in [0.25, 0.3) is 0 Å². The third-order valence-corrected chi connectivity index (χ3v) is 10.6. The highest BCUT2D eigenvalue weighted by Crippen LogP contribution is 2.49. The summed E-state index contributed by atoms with van der Waals surface area (Å²) in [7, 11) is 0.